The van der Waals surface area contributed by atoms with Crippen LogP contribution in [0.4, 0.5) is 0 Å². The van der Waals surface area contributed by atoms with Gasteiger partial charge in [-0.15, -0.1) is 11.8 Å². The van der Waals surface area contributed by atoms with Gasteiger partial charge in [-0.3, -0.25) is 4.79 Å². The second-order valence-corrected chi connectivity index (χ2v) is 4.74. The summed E-state index contributed by atoms with van der Waals surface area (Å²) in [5.41, 5.74) is 1.17. The molecule has 0 saturated heterocycles. The summed E-state index contributed by atoms with van der Waals surface area (Å²) < 4.78 is 1.20. The van der Waals surface area contributed by atoms with Crippen LogP contribution in [0.15, 0.2) is 24.3 Å². The van der Waals surface area contributed by atoms with E-state index in [1.807, 2.05) is 24.3 Å². The van der Waals surface area contributed by atoms with E-state index in [2.05, 4.69) is 22.6 Å². The Labute approximate surface area is 94.9 Å². The van der Waals surface area contributed by atoms with E-state index >= 15 is 0 Å². The molecule has 70 valence electrons. The molecule has 0 spiro atoms. The third-order valence-corrected chi connectivity index (χ3v) is 3.12. The minimum atomic E-state index is -0.754. The molecule has 0 amide bonds. The van der Waals surface area contributed by atoms with Crippen molar-refractivity contribution in [2.24, 2.45) is 0 Å². The zero-order valence-electron chi connectivity index (χ0n) is 6.87. The number of hydrogen-bond donors (Lipinski definition) is 1. The van der Waals surface area contributed by atoms with Crippen molar-refractivity contribution < 1.29 is 9.90 Å². The lowest BCUT2D eigenvalue weighted by atomic mass is 10.2. The highest BCUT2D eigenvalue weighted by Gasteiger charge is 1.97. The van der Waals surface area contributed by atoms with Gasteiger partial charge in [0.15, 0.2) is 0 Å². The van der Waals surface area contributed by atoms with Gasteiger partial charge < -0.3 is 5.11 Å². The van der Waals surface area contributed by atoms with Gasteiger partial charge in [0.25, 0.3) is 0 Å². The Kier molecular flexibility index (Phi) is 4.58. The van der Waals surface area contributed by atoms with E-state index in [4.69, 9.17) is 5.11 Å². The van der Waals surface area contributed by atoms with Crippen LogP contribution in [-0.2, 0) is 10.5 Å². The molecule has 0 bridgehead atoms. The summed E-state index contributed by atoms with van der Waals surface area (Å²) in [4.78, 5) is 10.2. The number of carboxylic acids is 1. The minimum absolute atomic E-state index is 0.173. The number of benzene rings is 1. The summed E-state index contributed by atoms with van der Waals surface area (Å²) in [5, 5.41) is 8.41. The first-order valence-corrected chi connectivity index (χ1v) is 5.96. The van der Waals surface area contributed by atoms with Gasteiger partial charge >= 0.3 is 5.97 Å². The van der Waals surface area contributed by atoms with Gasteiger partial charge in [-0.1, -0.05) is 12.1 Å². The fraction of sp³-hybridized carbons (Fsp3) is 0.222. The predicted octanol–water partition coefficient (Wildman–Crippen LogP) is 2.61. The van der Waals surface area contributed by atoms with E-state index in [-0.39, 0.29) is 5.75 Å². The molecule has 0 aliphatic heterocycles. The number of carbonyl (C=O) groups is 1. The van der Waals surface area contributed by atoms with Crippen LogP contribution in [0.25, 0.3) is 0 Å². The summed E-state index contributed by atoms with van der Waals surface area (Å²) in [6.45, 7) is 0. The molecule has 0 aliphatic rings. The first kappa shape index (κ1) is 10.8. The zero-order chi connectivity index (χ0) is 9.68. The van der Waals surface area contributed by atoms with Crippen LogP contribution < -0.4 is 0 Å². The number of thioether (sulfide) groups is 1. The van der Waals surface area contributed by atoms with Gasteiger partial charge in [-0.05, 0) is 40.3 Å². The molecule has 13 heavy (non-hydrogen) atoms. The largest absolute Gasteiger partial charge is 0.481 e. The first-order chi connectivity index (χ1) is 6.18. The molecule has 0 heterocycles. The number of carboxylic acid groups (broad SMARTS) is 1. The molecular formula is C9H9IO2S. The monoisotopic (exact) mass is 308 g/mol. The maximum atomic E-state index is 10.2. The van der Waals surface area contributed by atoms with Crippen LogP contribution >= 0.6 is 34.4 Å². The van der Waals surface area contributed by atoms with Crippen LogP contribution in [0.2, 0.25) is 0 Å². The molecule has 0 aliphatic carbocycles. The Morgan fingerprint density at radius 3 is 2.54 bits per heavy atom. The summed E-state index contributed by atoms with van der Waals surface area (Å²) >= 11 is 3.66. The van der Waals surface area contributed by atoms with Crippen molar-refractivity contribution >= 4 is 40.3 Å². The van der Waals surface area contributed by atoms with E-state index in [9.17, 15) is 4.79 Å². The second kappa shape index (κ2) is 5.49. The maximum absolute atomic E-state index is 10.2. The number of rotatable bonds is 4. The molecule has 0 atom stereocenters. The van der Waals surface area contributed by atoms with Gasteiger partial charge in [-0.2, -0.15) is 0 Å². The van der Waals surface area contributed by atoms with Crippen molar-refractivity contribution in [3.63, 3.8) is 0 Å². The molecule has 2 nitrogen and oxygen atoms in total. The zero-order valence-corrected chi connectivity index (χ0v) is 9.84. The molecule has 0 unspecified atom stereocenters. The Balaban J connectivity index is 2.37. The lowest BCUT2D eigenvalue weighted by Crippen LogP contribution is -1.98. The van der Waals surface area contributed by atoms with Crippen molar-refractivity contribution in [2.75, 3.05) is 5.75 Å². The van der Waals surface area contributed by atoms with E-state index < -0.39 is 5.97 Å². The third-order valence-electron chi connectivity index (χ3n) is 1.41. The van der Waals surface area contributed by atoms with Gasteiger partial charge in [0.05, 0.1) is 5.75 Å². The molecule has 1 rings (SSSR count). The Morgan fingerprint density at radius 1 is 1.38 bits per heavy atom. The minimum Gasteiger partial charge on any atom is -0.481 e. The average molecular weight is 308 g/mol. The van der Waals surface area contributed by atoms with E-state index in [0.717, 1.165) is 5.75 Å². The van der Waals surface area contributed by atoms with Crippen LogP contribution in [-0.4, -0.2) is 16.8 Å². The van der Waals surface area contributed by atoms with Crippen molar-refractivity contribution in [1.29, 1.82) is 0 Å². The Morgan fingerprint density at radius 2 is 2.00 bits per heavy atom. The summed E-state index contributed by atoms with van der Waals surface area (Å²) in [6.07, 6.45) is 0. The molecule has 0 saturated carbocycles. The number of aliphatic carboxylic acids is 1. The van der Waals surface area contributed by atoms with E-state index in [1.54, 1.807) is 0 Å². The average Bonchev–Trinajstić information content (AvgIpc) is 2.08. The first-order valence-electron chi connectivity index (χ1n) is 3.72. The highest BCUT2D eigenvalue weighted by Crippen LogP contribution is 2.13. The fourth-order valence-electron chi connectivity index (χ4n) is 0.837. The van der Waals surface area contributed by atoms with Crippen LogP contribution in [0.5, 0.6) is 0 Å². The van der Waals surface area contributed by atoms with Crippen molar-refractivity contribution in [3.05, 3.63) is 33.4 Å². The molecule has 1 aromatic rings. The molecule has 1 aromatic carbocycles. The lowest BCUT2D eigenvalue weighted by molar-refractivity contribution is -0.133. The van der Waals surface area contributed by atoms with Gasteiger partial charge in [-0.25, -0.2) is 0 Å². The second-order valence-electron chi connectivity index (χ2n) is 2.51. The van der Waals surface area contributed by atoms with Crippen molar-refractivity contribution in [1.82, 2.24) is 0 Å². The topological polar surface area (TPSA) is 37.3 Å². The maximum Gasteiger partial charge on any atom is 0.313 e. The van der Waals surface area contributed by atoms with Crippen LogP contribution in [0, 0.1) is 3.57 Å². The highest BCUT2D eigenvalue weighted by molar-refractivity contribution is 14.1. The number of hydrogen-bond acceptors (Lipinski definition) is 2. The van der Waals surface area contributed by atoms with Crippen LogP contribution in [0.3, 0.4) is 0 Å². The normalized spacial score (nSPS) is 9.92. The van der Waals surface area contributed by atoms with Gasteiger partial charge in [0.1, 0.15) is 0 Å². The third kappa shape index (κ3) is 4.52. The molecule has 0 fully saturated rings. The van der Waals surface area contributed by atoms with Crippen molar-refractivity contribution in [3.8, 4) is 0 Å². The smallest absolute Gasteiger partial charge is 0.313 e. The summed E-state index contributed by atoms with van der Waals surface area (Å²) in [7, 11) is 0. The molecular weight excluding hydrogens is 299 g/mol. The standard InChI is InChI=1S/C9H9IO2S/c10-8-3-1-7(2-4-8)5-13-6-9(11)12/h1-4H,5-6H2,(H,11,12). The molecule has 4 heteroatoms. The quantitative estimate of drug-likeness (QED) is 0.869. The Bertz CT molecular complexity index is 284. The predicted molar refractivity (Wildman–Crippen MR) is 63.0 cm³/mol. The molecule has 0 aromatic heterocycles. The van der Waals surface area contributed by atoms with Crippen molar-refractivity contribution in [2.45, 2.75) is 5.75 Å². The van der Waals surface area contributed by atoms with Gasteiger partial charge in [0, 0.05) is 9.32 Å². The Hall–Kier alpha value is -0.230. The lowest BCUT2D eigenvalue weighted by Gasteiger charge is -1.99. The van der Waals surface area contributed by atoms with E-state index in [0.29, 0.717) is 0 Å². The summed E-state index contributed by atoms with van der Waals surface area (Å²) in [5.74, 6) is 0.186. The SMILES string of the molecule is O=C(O)CSCc1ccc(I)cc1. The van der Waals surface area contributed by atoms with Crippen LogP contribution in [0.1, 0.15) is 5.56 Å². The molecule has 1 N–H and O–H groups in total. The highest BCUT2D eigenvalue weighted by atomic mass is 127. The van der Waals surface area contributed by atoms with Gasteiger partial charge in [0.2, 0.25) is 0 Å². The summed E-state index contributed by atoms with van der Waals surface area (Å²) in [6, 6.07) is 8.10. The molecule has 0 radical (unpaired) electrons. The number of halogens is 1. The van der Waals surface area contributed by atoms with E-state index in [1.165, 1.54) is 20.9 Å². The fourth-order valence-corrected chi connectivity index (χ4v) is 1.90.